The number of halogens is 2. The molecule has 0 atom stereocenters. The van der Waals surface area contributed by atoms with Crippen molar-refractivity contribution >= 4 is 12.0 Å². The van der Waals surface area contributed by atoms with Gasteiger partial charge in [-0.3, -0.25) is 4.79 Å². The van der Waals surface area contributed by atoms with Crippen LogP contribution in [0, 0.1) is 0 Å². The van der Waals surface area contributed by atoms with Gasteiger partial charge in [0.15, 0.2) is 11.5 Å². The highest BCUT2D eigenvalue weighted by molar-refractivity contribution is 5.91. The summed E-state index contributed by atoms with van der Waals surface area (Å²) in [6, 6.07) is 14.5. The highest BCUT2D eigenvalue weighted by Gasteiger charge is 2.11. The van der Waals surface area contributed by atoms with Crippen molar-refractivity contribution in [1.29, 1.82) is 0 Å². The maximum atomic E-state index is 12.4. The third kappa shape index (κ3) is 6.91. The SMILES string of the molecule is COc1cc(CCNC(=O)/C=C/c2cn(Cc3ccccc3)nn2)ccc1OC(F)F. The van der Waals surface area contributed by atoms with Gasteiger partial charge in [0.1, 0.15) is 5.69 Å². The molecule has 0 fully saturated rings. The van der Waals surface area contributed by atoms with Crippen molar-refractivity contribution in [3.63, 3.8) is 0 Å². The van der Waals surface area contributed by atoms with Crippen molar-refractivity contribution in [2.45, 2.75) is 19.6 Å². The first kappa shape index (κ1) is 21.9. The third-order valence-electron chi connectivity index (χ3n) is 4.31. The number of carbonyl (C=O) groups is 1. The number of nitrogens with zero attached hydrogens (tertiary/aromatic N) is 3. The zero-order valence-electron chi connectivity index (χ0n) is 16.9. The monoisotopic (exact) mass is 428 g/mol. The number of aromatic nitrogens is 3. The number of methoxy groups -OCH3 is 1. The molecule has 9 heteroatoms. The van der Waals surface area contributed by atoms with Crippen LogP contribution in [0.25, 0.3) is 6.08 Å². The van der Waals surface area contributed by atoms with Gasteiger partial charge in [0.25, 0.3) is 0 Å². The summed E-state index contributed by atoms with van der Waals surface area (Å²) < 4.78 is 35.9. The van der Waals surface area contributed by atoms with Crippen LogP contribution in [0.1, 0.15) is 16.8 Å². The second-order valence-corrected chi connectivity index (χ2v) is 6.56. The molecule has 1 amide bonds. The van der Waals surface area contributed by atoms with Crippen LogP contribution in [-0.2, 0) is 17.8 Å². The van der Waals surface area contributed by atoms with Crippen LogP contribution in [0.4, 0.5) is 8.78 Å². The molecule has 7 nitrogen and oxygen atoms in total. The highest BCUT2D eigenvalue weighted by atomic mass is 19.3. The molecule has 0 saturated heterocycles. The van der Waals surface area contributed by atoms with E-state index in [2.05, 4.69) is 20.4 Å². The molecular weight excluding hydrogens is 406 g/mol. The molecule has 0 radical (unpaired) electrons. The highest BCUT2D eigenvalue weighted by Crippen LogP contribution is 2.29. The Morgan fingerprint density at radius 3 is 2.71 bits per heavy atom. The summed E-state index contributed by atoms with van der Waals surface area (Å²) in [5.41, 5.74) is 2.49. The molecule has 2 aromatic carbocycles. The molecule has 0 saturated carbocycles. The first-order valence-corrected chi connectivity index (χ1v) is 9.55. The Bertz CT molecular complexity index is 1020. The van der Waals surface area contributed by atoms with Crippen LogP contribution in [0.3, 0.4) is 0 Å². The van der Waals surface area contributed by atoms with Gasteiger partial charge in [0.2, 0.25) is 5.91 Å². The number of hydrogen-bond donors (Lipinski definition) is 1. The molecule has 0 spiro atoms. The van der Waals surface area contributed by atoms with E-state index in [4.69, 9.17) is 4.74 Å². The second kappa shape index (κ2) is 10.9. The number of rotatable bonds is 10. The van der Waals surface area contributed by atoms with E-state index in [1.165, 1.54) is 19.3 Å². The van der Waals surface area contributed by atoms with Crippen LogP contribution in [0.2, 0.25) is 0 Å². The lowest BCUT2D eigenvalue weighted by molar-refractivity contribution is -0.116. The van der Waals surface area contributed by atoms with Gasteiger partial charge >= 0.3 is 6.61 Å². The molecule has 3 rings (SSSR count). The third-order valence-corrected chi connectivity index (χ3v) is 4.31. The van der Waals surface area contributed by atoms with Gasteiger partial charge in [0, 0.05) is 12.6 Å². The fourth-order valence-corrected chi connectivity index (χ4v) is 2.85. The molecule has 0 aliphatic heterocycles. The van der Waals surface area contributed by atoms with Crippen LogP contribution >= 0.6 is 0 Å². The second-order valence-electron chi connectivity index (χ2n) is 6.56. The summed E-state index contributed by atoms with van der Waals surface area (Å²) in [5, 5.41) is 10.8. The molecule has 162 valence electrons. The summed E-state index contributed by atoms with van der Waals surface area (Å²) >= 11 is 0. The maximum Gasteiger partial charge on any atom is 0.387 e. The lowest BCUT2D eigenvalue weighted by atomic mass is 10.1. The molecule has 0 aliphatic rings. The average molecular weight is 428 g/mol. The van der Waals surface area contributed by atoms with Gasteiger partial charge in [-0.1, -0.05) is 41.6 Å². The van der Waals surface area contributed by atoms with E-state index in [0.717, 1.165) is 11.1 Å². The summed E-state index contributed by atoms with van der Waals surface area (Å²) in [7, 11) is 1.38. The van der Waals surface area contributed by atoms with Gasteiger partial charge in [-0.2, -0.15) is 8.78 Å². The Labute approximate surface area is 178 Å². The molecule has 1 N–H and O–H groups in total. The standard InChI is InChI=1S/C22H22F2N4O3/c1-30-20-13-16(7-9-19(20)31-22(23)24)11-12-25-21(29)10-8-18-15-28(27-26-18)14-17-5-3-2-4-6-17/h2-10,13,15,22H,11-12,14H2,1H3,(H,25,29)/b10-8+. The molecule has 0 bridgehead atoms. The summed E-state index contributed by atoms with van der Waals surface area (Å²) in [4.78, 5) is 12.0. The van der Waals surface area contributed by atoms with E-state index in [9.17, 15) is 13.6 Å². The minimum Gasteiger partial charge on any atom is -0.493 e. The van der Waals surface area contributed by atoms with Gasteiger partial charge in [-0.25, -0.2) is 4.68 Å². The quantitative estimate of drug-likeness (QED) is 0.502. The first-order valence-electron chi connectivity index (χ1n) is 9.55. The molecule has 1 heterocycles. The summed E-state index contributed by atoms with van der Waals surface area (Å²) in [6.07, 6.45) is 5.23. The molecule has 1 aromatic heterocycles. The molecule has 3 aromatic rings. The number of carbonyl (C=O) groups excluding carboxylic acids is 1. The van der Waals surface area contributed by atoms with Crippen LogP contribution < -0.4 is 14.8 Å². The fourth-order valence-electron chi connectivity index (χ4n) is 2.85. The van der Waals surface area contributed by atoms with E-state index in [1.54, 1.807) is 29.1 Å². The van der Waals surface area contributed by atoms with Gasteiger partial charge < -0.3 is 14.8 Å². The lowest BCUT2D eigenvalue weighted by Crippen LogP contribution is -2.23. The van der Waals surface area contributed by atoms with E-state index in [-0.39, 0.29) is 17.4 Å². The Balaban J connectivity index is 1.46. The predicted molar refractivity (Wildman–Crippen MR) is 111 cm³/mol. The van der Waals surface area contributed by atoms with Crippen molar-refractivity contribution < 1.29 is 23.0 Å². The number of ether oxygens (including phenoxy) is 2. The molecular formula is C22H22F2N4O3. The molecule has 0 unspecified atom stereocenters. The fraction of sp³-hybridized carbons (Fsp3) is 0.227. The molecule has 31 heavy (non-hydrogen) atoms. The normalized spacial score (nSPS) is 11.1. The summed E-state index contributed by atoms with van der Waals surface area (Å²) in [6.45, 7) is -1.97. The van der Waals surface area contributed by atoms with Crippen molar-refractivity contribution in [2.24, 2.45) is 0 Å². The smallest absolute Gasteiger partial charge is 0.387 e. The van der Waals surface area contributed by atoms with E-state index in [1.807, 2.05) is 30.3 Å². The number of alkyl halides is 2. The summed E-state index contributed by atoms with van der Waals surface area (Å²) in [5.74, 6) is -0.0987. The maximum absolute atomic E-state index is 12.4. The van der Waals surface area contributed by atoms with Crippen molar-refractivity contribution in [3.8, 4) is 11.5 Å². The van der Waals surface area contributed by atoms with Gasteiger partial charge in [-0.05, 0) is 35.8 Å². The number of hydrogen-bond acceptors (Lipinski definition) is 5. The Morgan fingerprint density at radius 1 is 1.16 bits per heavy atom. The molecule has 0 aliphatic carbocycles. The first-order chi connectivity index (χ1) is 15.0. The minimum absolute atomic E-state index is 0.0338. The minimum atomic E-state index is -2.93. The van der Waals surface area contributed by atoms with E-state index >= 15 is 0 Å². The Hall–Kier alpha value is -3.75. The zero-order valence-corrected chi connectivity index (χ0v) is 16.9. The zero-order chi connectivity index (χ0) is 22.1. The van der Waals surface area contributed by atoms with E-state index < -0.39 is 6.61 Å². The van der Waals surface area contributed by atoms with E-state index in [0.29, 0.717) is 25.2 Å². The number of benzene rings is 2. The predicted octanol–water partition coefficient (Wildman–Crippen LogP) is 3.31. The number of nitrogens with one attached hydrogen (secondary N) is 1. The van der Waals surface area contributed by atoms with Crippen molar-refractivity contribution in [3.05, 3.63) is 77.6 Å². The lowest BCUT2D eigenvalue weighted by Gasteiger charge is -2.11. The Kier molecular flexibility index (Phi) is 7.69. The van der Waals surface area contributed by atoms with Crippen LogP contribution in [0.15, 0.2) is 60.8 Å². The van der Waals surface area contributed by atoms with Gasteiger partial charge in [0.05, 0.1) is 19.9 Å². The topological polar surface area (TPSA) is 78.3 Å². The van der Waals surface area contributed by atoms with Crippen molar-refractivity contribution in [2.75, 3.05) is 13.7 Å². The van der Waals surface area contributed by atoms with Crippen molar-refractivity contribution in [1.82, 2.24) is 20.3 Å². The van der Waals surface area contributed by atoms with Gasteiger partial charge in [-0.15, -0.1) is 5.10 Å². The average Bonchev–Trinajstić information content (AvgIpc) is 3.21. The van der Waals surface area contributed by atoms with Crippen LogP contribution in [-0.4, -0.2) is 41.2 Å². The largest absolute Gasteiger partial charge is 0.493 e. The van der Waals surface area contributed by atoms with Crippen LogP contribution in [0.5, 0.6) is 11.5 Å². The number of amides is 1. The Morgan fingerprint density at radius 2 is 1.97 bits per heavy atom.